The standard InChI is InChI=1S/C17H23N3O/c1-2-21-17-8-4-3-7-16(17)20-12-10-19(11-13-20)14-15-6-5-9-18-15/h3-9,18H,2,10-14H2,1H3. The van der Waals surface area contributed by atoms with Crippen LogP contribution in [0.15, 0.2) is 42.6 Å². The molecule has 2 aromatic rings. The fourth-order valence-corrected chi connectivity index (χ4v) is 2.85. The van der Waals surface area contributed by atoms with Gasteiger partial charge in [0.05, 0.1) is 12.3 Å². The molecular weight excluding hydrogens is 262 g/mol. The number of piperazine rings is 1. The average Bonchev–Trinajstić information content (AvgIpc) is 3.02. The Morgan fingerprint density at radius 1 is 1.05 bits per heavy atom. The minimum absolute atomic E-state index is 0.712. The minimum atomic E-state index is 0.712. The van der Waals surface area contributed by atoms with Crippen LogP contribution < -0.4 is 9.64 Å². The average molecular weight is 285 g/mol. The quantitative estimate of drug-likeness (QED) is 0.916. The molecule has 4 nitrogen and oxygen atoms in total. The first-order chi connectivity index (χ1) is 10.4. The van der Waals surface area contributed by atoms with Gasteiger partial charge in [0.25, 0.3) is 0 Å². The molecule has 3 rings (SSSR count). The molecule has 1 aromatic heterocycles. The van der Waals surface area contributed by atoms with Crippen LogP contribution in [-0.4, -0.2) is 42.7 Å². The lowest BCUT2D eigenvalue weighted by molar-refractivity contribution is 0.246. The molecule has 0 amide bonds. The molecule has 1 aromatic carbocycles. The van der Waals surface area contributed by atoms with Crippen molar-refractivity contribution < 1.29 is 4.74 Å². The summed E-state index contributed by atoms with van der Waals surface area (Å²) in [6.45, 7) is 8.01. The fourth-order valence-electron chi connectivity index (χ4n) is 2.85. The number of hydrogen-bond donors (Lipinski definition) is 1. The first kappa shape index (κ1) is 14.0. The van der Waals surface area contributed by atoms with Crippen LogP contribution >= 0.6 is 0 Å². The first-order valence-electron chi connectivity index (χ1n) is 7.68. The summed E-state index contributed by atoms with van der Waals surface area (Å²) >= 11 is 0. The number of hydrogen-bond acceptors (Lipinski definition) is 3. The Morgan fingerprint density at radius 3 is 2.57 bits per heavy atom. The summed E-state index contributed by atoms with van der Waals surface area (Å²) in [7, 11) is 0. The molecule has 0 unspecified atom stereocenters. The zero-order valence-corrected chi connectivity index (χ0v) is 12.6. The molecule has 1 aliphatic heterocycles. The molecule has 2 heterocycles. The second kappa shape index (κ2) is 6.68. The number of para-hydroxylation sites is 2. The van der Waals surface area contributed by atoms with Gasteiger partial charge in [-0.2, -0.15) is 0 Å². The van der Waals surface area contributed by atoms with Gasteiger partial charge < -0.3 is 14.6 Å². The Morgan fingerprint density at radius 2 is 1.86 bits per heavy atom. The van der Waals surface area contributed by atoms with Crippen molar-refractivity contribution in [3.8, 4) is 5.75 Å². The highest BCUT2D eigenvalue weighted by Crippen LogP contribution is 2.28. The smallest absolute Gasteiger partial charge is 0.142 e. The van der Waals surface area contributed by atoms with Crippen molar-refractivity contribution in [3.05, 3.63) is 48.3 Å². The van der Waals surface area contributed by atoms with Crippen LogP contribution in [0.3, 0.4) is 0 Å². The summed E-state index contributed by atoms with van der Waals surface area (Å²) in [6, 6.07) is 12.6. The van der Waals surface area contributed by atoms with E-state index in [-0.39, 0.29) is 0 Å². The summed E-state index contributed by atoms with van der Waals surface area (Å²) < 4.78 is 5.74. The highest BCUT2D eigenvalue weighted by atomic mass is 16.5. The largest absolute Gasteiger partial charge is 0.492 e. The maximum Gasteiger partial charge on any atom is 0.142 e. The van der Waals surface area contributed by atoms with Gasteiger partial charge in [0.15, 0.2) is 0 Å². The van der Waals surface area contributed by atoms with Crippen molar-refractivity contribution in [2.45, 2.75) is 13.5 Å². The molecule has 1 fully saturated rings. The molecule has 0 aliphatic carbocycles. The van der Waals surface area contributed by atoms with Crippen molar-refractivity contribution in [1.29, 1.82) is 0 Å². The van der Waals surface area contributed by atoms with Crippen molar-refractivity contribution in [1.82, 2.24) is 9.88 Å². The Labute approximate surface area is 126 Å². The van der Waals surface area contributed by atoms with E-state index in [0.29, 0.717) is 6.61 Å². The van der Waals surface area contributed by atoms with E-state index in [0.717, 1.165) is 38.5 Å². The van der Waals surface area contributed by atoms with Gasteiger partial charge in [-0.25, -0.2) is 0 Å². The van der Waals surface area contributed by atoms with E-state index < -0.39 is 0 Å². The molecule has 4 heteroatoms. The Bertz CT molecular complexity index is 545. The van der Waals surface area contributed by atoms with Crippen LogP contribution in [0.1, 0.15) is 12.6 Å². The van der Waals surface area contributed by atoms with E-state index >= 15 is 0 Å². The topological polar surface area (TPSA) is 31.5 Å². The van der Waals surface area contributed by atoms with E-state index in [2.05, 4.69) is 45.1 Å². The zero-order valence-electron chi connectivity index (χ0n) is 12.6. The maximum atomic E-state index is 5.74. The van der Waals surface area contributed by atoms with Gasteiger partial charge in [0.1, 0.15) is 5.75 Å². The van der Waals surface area contributed by atoms with Crippen LogP contribution in [0.5, 0.6) is 5.75 Å². The third-order valence-corrected chi connectivity index (χ3v) is 3.93. The predicted octanol–water partition coefficient (Wildman–Crippen LogP) is 2.74. The van der Waals surface area contributed by atoms with Gasteiger partial charge >= 0.3 is 0 Å². The van der Waals surface area contributed by atoms with E-state index in [1.54, 1.807) is 0 Å². The molecular formula is C17H23N3O. The monoisotopic (exact) mass is 285 g/mol. The van der Waals surface area contributed by atoms with Crippen molar-refractivity contribution in [2.24, 2.45) is 0 Å². The summed E-state index contributed by atoms with van der Waals surface area (Å²) in [5.41, 5.74) is 2.51. The molecule has 0 saturated carbocycles. The van der Waals surface area contributed by atoms with E-state index in [4.69, 9.17) is 4.74 Å². The molecule has 21 heavy (non-hydrogen) atoms. The molecule has 112 valence electrons. The number of anilines is 1. The van der Waals surface area contributed by atoms with Crippen LogP contribution in [0, 0.1) is 0 Å². The lowest BCUT2D eigenvalue weighted by Gasteiger charge is -2.36. The van der Waals surface area contributed by atoms with Crippen molar-refractivity contribution in [3.63, 3.8) is 0 Å². The minimum Gasteiger partial charge on any atom is -0.492 e. The highest BCUT2D eigenvalue weighted by molar-refractivity contribution is 5.58. The zero-order chi connectivity index (χ0) is 14.5. The summed E-state index contributed by atoms with van der Waals surface area (Å²) in [5, 5.41) is 0. The SMILES string of the molecule is CCOc1ccccc1N1CCN(Cc2ccc[nH]2)CC1. The van der Waals surface area contributed by atoms with Crippen LogP contribution in [0.25, 0.3) is 0 Å². The maximum absolute atomic E-state index is 5.74. The number of rotatable bonds is 5. The van der Waals surface area contributed by atoms with Gasteiger partial charge in [0.2, 0.25) is 0 Å². The number of nitrogens with one attached hydrogen (secondary N) is 1. The second-order valence-electron chi connectivity index (χ2n) is 5.36. The first-order valence-corrected chi connectivity index (χ1v) is 7.68. The highest BCUT2D eigenvalue weighted by Gasteiger charge is 2.19. The van der Waals surface area contributed by atoms with Crippen molar-refractivity contribution in [2.75, 3.05) is 37.7 Å². The number of ether oxygens (including phenoxy) is 1. The van der Waals surface area contributed by atoms with Gasteiger partial charge in [-0.05, 0) is 31.2 Å². The van der Waals surface area contributed by atoms with E-state index in [1.807, 2.05) is 19.2 Å². The Balaban J connectivity index is 1.60. The molecule has 1 aliphatic rings. The lowest BCUT2D eigenvalue weighted by atomic mass is 10.2. The van der Waals surface area contributed by atoms with E-state index in [9.17, 15) is 0 Å². The molecule has 0 bridgehead atoms. The Hall–Kier alpha value is -1.94. The molecule has 0 radical (unpaired) electrons. The third-order valence-electron chi connectivity index (χ3n) is 3.93. The summed E-state index contributed by atoms with van der Waals surface area (Å²) in [5.74, 6) is 0.998. The lowest BCUT2D eigenvalue weighted by Crippen LogP contribution is -2.46. The number of aromatic nitrogens is 1. The Kier molecular flexibility index (Phi) is 4.46. The van der Waals surface area contributed by atoms with Gasteiger partial charge in [-0.3, -0.25) is 4.90 Å². The second-order valence-corrected chi connectivity index (χ2v) is 5.36. The third kappa shape index (κ3) is 3.39. The number of nitrogens with zero attached hydrogens (tertiary/aromatic N) is 2. The molecule has 1 N–H and O–H groups in total. The number of benzene rings is 1. The van der Waals surface area contributed by atoms with Crippen molar-refractivity contribution >= 4 is 5.69 Å². The molecule has 0 spiro atoms. The fraction of sp³-hybridized carbons (Fsp3) is 0.412. The predicted molar refractivity (Wildman–Crippen MR) is 85.9 cm³/mol. The normalized spacial score (nSPS) is 16.1. The number of aromatic amines is 1. The summed E-state index contributed by atoms with van der Waals surface area (Å²) in [4.78, 5) is 8.20. The number of H-pyrrole nitrogens is 1. The van der Waals surface area contributed by atoms with Crippen LogP contribution in [-0.2, 0) is 6.54 Å². The van der Waals surface area contributed by atoms with Gasteiger partial charge in [0, 0.05) is 44.6 Å². The van der Waals surface area contributed by atoms with Gasteiger partial charge in [-0.1, -0.05) is 12.1 Å². The molecule has 1 saturated heterocycles. The van der Waals surface area contributed by atoms with Crippen LogP contribution in [0.2, 0.25) is 0 Å². The molecule has 0 atom stereocenters. The van der Waals surface area contributed by atoms with Crippen LogP contribution in [0.4, 0.5) is 5.69 Å². The van der Waals surface area contributed by atoms with E-state index in [1.165, 1.54) is 11.4 Å². The van der Waals surface area contributed by atoms with Gasteiger partial charge in [-0.15, -0.1) is 0 Å². The summed E-state index contributed by atoms with van der Waals surface area (Å²) in [6.07, 6.45) is 1.99.